The standard InChI is InChI=1S/C21H22N4O5S2/c1-24(31(27,28)20-12-7-13-22-15-20)16-21(26)23-17-8-6-11-19(14-17)32(29,30)25(2)18-9-4-3-5-10-18/h3-15H,16H2,1-2H3,(H,23,26). The number of likely N-dealkylation sites (N-methyl/N-ethyl adjacent to an activating group) is 1. The van der Waals surface area contributed by atoms with E-state index in [0.717, 1.165) is 8.61 Å². The second-order valence-corrected chi connectivity index (χ2v) is 10.8. The molecule has 0 aliphatic rings. The number of benzene rings is 2. The van der Waals surface area contributed by atoms with Crippen LogP contribution in [0.25, 0.3) is 0 Å². The lowest BCUT2D eigenvalue weighted by molar-refractivity contribution is -0.116. The zero-order valence-corrected chi connectivity index (χ0v) is 19.0. The molecule has 9 nitrogen and oxygen atoms in total. The summed E-state index contributed by atoms with van der Waals surface area (Å²) in [6.07, 6.45) is 2.64. The van der Waals surface area contributed by atoms with Crippen LogP contribution in [0.4, 0.5) is 11.4 Å². The van der Waals surface area contributed by atoms with Gasteiger partial charge in [-0.3, -0.25) is 14.1 Å². The first-order chi connectivity index (χ1) is 15.1. The van der Waals surface area contributed by atoms with E-state index in [9.17, 15) is 21.6 Å². The molecule has 0 aliphatic carbocycles. The van der Waals surface area contributed by atoms with Crippen molar-refractivity contribution in [3.8, 4) is 0 Å². The zero-order chi connectivity index (χ0) is 23.4. The van der Waals surface area contributed by atoms with Crippen molar-refractivity contribution in [2.75, 3.05) is 30.3 Å². The normalized spacial score (nSPS) is 11.8. The van der Waals surface area contributed by atoms with Gasteiger partial charge in [-0.2, -0.15) is 4.31 Å². The molecule has 168 valence electrons. The van der Waals surface area contributed by atoms with Gasteiger partial charge in [0, 0.05) is 32.2 Å². The molecule has 0 radical (unpaired) electrons. The molecule has 0 saturated carbocycles. The van der Waals surface area contributed by atoms with Crippen molar-refractivity contribution in [1.82, 2.24) is 9.29 Å². The van der Waals surface area contributed by atoms with Gasteiger partial charge in [0.25, 0.3) is 10.0 Å². The highest BCUT2D eigenvalue weighted by Gasteiger charge is 2.24. The van der Waals surface area contributed by atoms with E-state index >= 15 is 0 Å². The van der Waals surface area contributed by atoms with Crippen molar-refractivity contribution in [3.63, 3.8) is 0 Å². The van der Waals surface area contributed by atoms with Gasteiger partial charge in [-0.1, -0.05) is 24.3 Å². The molecular weight excluding hydrogens is 452 g/mol. The van der Waals surface area contributed by atoms with E-state index < -0.39 is 32.5 Å². The van der Waals surface area contributed by atoms with Crippen LogP contribution in [0.1, 0.15) is 0 Å². The number of pyridine rings is 1. The van der Waals surface area contributed by atoms with E-state index in [-0.39, 0.29) is 15.5 Å². The predicted octanol–water partition coefficient (Wildman–Crippen LogP) is 2.17. The van der Waals surface area contributed by atoms with Gasteiger partial charge in [0.1, 0.15) is 4.90 Å². The van der Waals surface area contributed by atoms with Crippen LogP contribution in [0.15, 0.2) is 88.9 Å². The van der Waals surface area contributed by atoms with Crippen LogP contribution in [0, 0.1) is 0 Å². The van der Waals surface area contributed by atoms with Gasteiger partial charge in [-0.05, 0) is 42.5 Å². The topological polar surface area (TPSA) is 117 Å². The van der Waals surface area contributed by atoms with Gasteiger partial charge in [-0.25, -0.2) is 16.8 Å². The van der Waals surface area contributed by atoms with Crippen molar-refractivity contribution in [2.24, 2.45) is 0 Å². The number of carbonyl (C=O) groups excluding carboxylic acids is 1. The van der Waals surface area contributed by atoms with Gasteiger partial charge in [0.2, 0.25) is 15.9 Å². The smallest absolute Gasteiger partial charge is 0.264 e. The van der Waals surface area contributed by atoms with Crippen molar-refractivity contribution in [1.29, 1.82) is 0 Å². The first kappa shape index (κ1) is 23.4. The van der Waals surface area contributed by atoms with Crippen molar-refractivity contribution >= 4 is 37.3 Å². The molecule has 1 aromatic heterocycles. The van der Waals surface area contributed by atoms with Crippen molar-refractivity contribution < 1.29 is 21.6 Å². The third-order valence-electron chi connectivity index (χ3n) is 4.60. The molecule has 32 heavy (non-hydrogen) atoms. The van der Waals surface area contributed by atoms with Crippen molar-refractivity contribution in [2.45, 2.75) is 9.79 Å². The highest BCUT2D eigenvalue weighted by Crippen LogP contribution is 2.23. The number of carbonyl (C=O) groups is 1. The minimum Gasteiger partial charge on any atom is -0.325 e. The number of para-hydroxylation sites is 1. The fraction of sp³-hybridized carbons (Fsp3) is 0.143. The van der Waals surface area contributed by atoms with E-state index in [4.69, 9.17) is 0 Å². The largest absolute Gasteiger partial charge is 0.325 e. The maximum atomic E-state index is 13.0. The summed E-state index contributed by atoms with van der Waals surface area (Å²) >= 11 is 0. The Morgan fingerprint density at radius 1 is 0.875 bits per heavy atom. The highest BCUT2D eigenvalue weighted by molar-refractivity contribution is 7.92. The molecule has 0 spiro atoms. The van der Waals surface area contributed by atoms with E-state index in [1.807, 2.05) is 0 Å². The molecule has 1 amide bonds. The van der Waals surface area contributed by atoms with Gasteiger partial charge in [0.05, 0.1) is 17.1 Å². The number of sulfonamides is 2. The van der Waals surface area contributed by atoms with Crippen LogP contribution in [0.2, 0.25) is 0 Å². The molecule has 0 bridgehead atoms. The molecule has 1 heterocycles. The summed E-state index contributed by atoms with van der Waals surface area (Å²) < 4.78 is 53.0. The fourth-order valence-corrected chi connectivity index (χ4v) is 5.17. The molecule has 3 aromatic rings. The minimum atomic E-state index is -3.89. The molecule has 1 N–H and O–H groups in total. The molecule has 3 rings (SSSR count). The lowest BCUT2D eigenvalue weighted by atomic mass is 10.3. The number of amides is 1. The third kappa shape index (κ3) is 5.13. The Bertz CT molecular complexity index is 1300. The maximum absolute atomic E-state index is 13.0. The Balaban J connectivity index is 1.74. The van der Waals surface area contributed by atoms with E-state index in [1.54, 1.807) is 30.3 Å². The number of hydrogen-bond donors (Lipinski definition) is 1. The van der Waals surface area contributed by atoms with Gasteiger partial charge in [0.15, 0.2) is 0 Å². The summed E-state index contributed by atoms with van der Waals surface area (Å²) in [7, 11) is -5.04. The van der Waals surface area contributed by atoms with Crippen LogP contribution >= 0.6 is 0 Å². The second-order valence-electron chi connectivity index (χ2n) is 6.83. The molecule has 2 aromatic carbocycles. The summed E-state index contributed by atoms with van der Waals surface area (Å²) in [6.45, 7) is -0.460. The summed E-state index contributed by atoms with van der Waals surface area (Å²) in [5.74, 6) is -0.620. The van der Waals surface area contributed by atoms with Gasteiger partial charge >= 0.3 is 0 Å². The van der Waals surface area contributed by atoms with E-state index in [0.29, 0.717) is 5.69 Å². The van der Waals surface area contributed by atoms with E-state index in [1.165, 1.54) is 62.9 Å². The van der Waals surface area contributed by atoms with Crippen molar-refractivity contribution in [3.05, 3.63) is 79.1 Å². The number of anilines is 2. The number of hydrogen-bond acceptors (Lipinski definition) is 6. The SMILES string of the molecule is CN(CC(=O)Nc1cccc(S(=O)(=O)N(C)c2ccccc2)c1)S(=O)(=O)c1cccnc1. The Morgan fingerprint density at radius 2 is 1.56 bits per heavy atom. The monoisotopic (exact) mass is 474 g/mol. The maximum Gasteiger partial charge on any atom is 0.264 e. The number of aromatic nitrogens is 1. The highest BCUT2D eigenvalue weighted by atomic mass is 32.2. The first-order valence-corrected chi connectivity index (χ1v) is 12.3. The fourth-order valence-electron chi connectivity index (χ4n) is 2.84. The van der Waals surface area contributed by atoms with Crippen LogP contribution in [-0.2, 0) is 24.8 Å². The van der Waals surface area contributed by atoms with Gasteiger partial charge < -0.3 is 5.32 Å². The molecule has 0 aliphatic heterocycles. The number of rotatable bonds is 8. The summed E-state index contributed by atoms with van der Waals surface area (Å²) in [4.78, 5) is 16.2. The van der Waals surface area contributed by atoms with Crippen LogP contribution in [0.3, 0.4) is 0 Å². The minimum absolute atomic E-state index is 0.0158. The second kappa shape index (κ2) is 9.47. The Hall–Kier alpha value is -3.28. The summed E-state index contributed by atoms with van der Waals surface area (Å²) in [6, 6.07) is 17.2. The van der Waals surface area contributed by atoms with Crippen LogP contribution in [0.5, 0.6) is 0 Å². The number of nitrogens with zero attached hydrogens (tertiary/aromatic N) is 3. The van der Waals surface area contributed by atoms with Crippen LogP contribution in [-0.4, -0.2) is 52.7 Å². The molecule has 0 saturated heterocycles. The Morgan fingerprint density at radius 3 is 2.22 bits per heavy atom. The Kier molecular flexibility index (Phi) is 6.92. The summed E-state index contributed by atoms with van der Waals surface area (Å²) in [5, 5.41) is 2.54. The molecule has 0 fully saturated rings. The third-order valence-corrected chi connectivity index (χ3v) is 8.17. The quantitative estimate of drug-likeness (QED) is 0.535. The summed E-state index contributed by atoms with van der Waals surface area (Å²) in [5.41, 5.74) is 0.717. The molecule has 11 heteroatoms. The molecule has 0 unspecified atom stereocenters. The lowest BCUT2D eigenvalue weighted by Crippen LogP contribution is -2.35. The predicted molar refractivity (Wildman–Crippen MR) is 121 cm³/mol. The number of nitrogens with one attached hydrogen (secondary N) is 1. The average Bonchev–Trinajstić information content (AvgIpc) is 2.79. The van der Waals surface area contributed by atoms with E-state index in [2.05, 4.69) is 10.3 Å². The Labute approximate surface area is 187 Å². The van der Waals surface area contributed by atoms with Crippen LogP contribution < -0.4 is 9.62 Å². The molecular formula is C21H22N4O5S2. The zero-order valence-electron chi connectivity index (χ0n) is 17.4. The first-order valence-electron chi connectivity index (χ1n) is 9.42. The van der Waals surface area contributed by atoms with Gasteiger partial charge in [-0.15, -0.1) is 0 Å². The molecule has 0 atom stereocenters. The lowest BCUT2D eigenvalue weighted by Gasteiger charge is -2.20. The average molecular weight is 475 g/mol.